The molecule has 3 rings (SSSR count). The van der Waals surface area contributed by atoms with Crippen LogP contribution in [-0.2, 0) is 0 Å². The van der Waals surface area contributed by atoms with Crippen LogP contribution in [0.15, 0.2) is 33.5 Å². The van der Waals surface area contributed by atoms with Crippen molar-refractivity contribution in [3.8, 4) is 5.75 Å². The summed E-state index contributed by atoms with van der Waals surface area (Å²) in [7, 11) is 1.54. The minimum atomic E-state index is -0.234. The molecule has 1 aliphatic heterocycles. The number of rotatable bonds is 3. The van der Waals surface area contributed by atoms with Crippen molar-refractivity contribution in [3.05, 3.63) is 40.2 Å². The third-order valence-corrected chi connectivity index (χ3v) is 4.25. The highest BCUT2D eigenvalue weighted by molar-refractivity contribution is 5.93. The molecule has 1 saturated heterocycles. The molecule has 0 N–H and O–H groups in total. The lowest BCUT2D eigenvalue weighted by molar-refractivity contribution is 0.0613. The van der Waals surface area contributed by atoms with Crippen molar-refractivity contribution in [2.45, 2.75) is 6.92 Å². The highest BCUT2D eigenvalue weighted by Crippen LogP contribution is 2.20. The number of hydrogen-bond donors (Lipinski definition) is 0. The van der Waals surface area contributed by atoms with Crippen LogP contribution < -0.4 is 10.2 Å². The van der Waals surface area contributed by atoms with Crippen molar-refractivity contribution >= 4 is 16.9 Å². The SMILES string of the molecule is CCN1CCN(C(=O)c2cc(=O)c3ccc(OC)cc3o2)CC1. The van der Waals surface area contributed by atoms with Crippen molar-refractivity contribution < 1.29 is 13.9 Å². The van der Waals surface area contributed by atoms with Gasteiger partial charge in [-0.3, -0.25) is 9.59 Å². The molecule has 1 fully saturated rings. The molecule has 0 unspecified atom stereocenters. The summed E-state index contributed by atoms with van der Waals surface area (Å²) in [6.07, 6.45) is 0. The van der Waals surface area contributed by atoms with Gasteiger partial charge in [-0.1, -0.05) is 6.92 Å². The Kier molecular flexibility index (Phi) is 4.34. The molecule has 1 aromatic heterocycles. The predicted octanol–water partition coefficient (Wildman–Crippen LogP) is 1.58. The number of amides is 1. The molecule has 6 heteroatoms. The Morgan fingerprint density at radius 1 is 1.22 bits per heavy atom. The molecule has 0 bridgehead atoms. The fourth-order valence-corrected chi connectivity index (χ4v) is 2.79. The van der Waals surface area contributed by atoms with Crippen molar-refractivity contribution in [2.75, 3.05) is 39.8 Å². The Morgan fingerprint density at radius 3 is 2.61 bits per heavy atom. The van der Waals surface area contributed by atoms with Gasteiger partial charge in [-0.25, -0.2) is 0 Å². The van der Waals surface area contributed by atoms with E-state index < -0.39 is 0 Å². The Hall–Kier alpha value is -2.34. The minimum absolute atomic E-state index is 0.0840. The first-order chi connectivity index (χ1) is 11.1. The molecule has 0 atom stereocenters. The lowest BCUT2D eigenvalue weighted by Gasteiger charge is -2.33. The van der Waals surface area contributed by atoms with E-state index in [2.05, 4.69) is 11.8 Å². The van der Waals surface area contributed by atoms with E-state index in [1.165, 1.54) is 6.07 Å². The fourth-order valence-electron chi connectivity index (χ4n) is 2.79. The molecule has 2 aromatic rings. The molecule has 1 aliphatic rings. The van der Waals surface area contributed by atoms with Gasteiger partial charge in [-0.2, -0.15) is 0 Å². The minimum Gasteiger partial charge on any atom is -0.497 e. The van der Waals surface area contributed by atoms with Crippen molar-refractivity contribution in [3.63, 3.8) is 0 Å². The number of likely N-dealkylation sites (N-methyl/N-ethyl adjacent to an activating group) is 1. The maximum Gasteiger partial charge on any atom is 0.289 e. The molecule has 0 spiro atoms. The predicted molar refractivity (Wildman–Crippen MR) is 87.1 cm³/mol. The van der Waals surface area contributed by atoms with E-state index in [0.29, 0.717) is 29.8 Å². The van der Waals surface area contributed by atoms with Crippen LogP contribution in [-0.4, -0.2) is 55.5 Å². The van der Waals surface area contributed by atoms with Gasteiger partial charge in [0.1, 0.15) is 11.3 Å². The quantitative estimate of drug-likeness (QED) is 0.860. The Morgan fingerprint density at radius 2 is 1.96 bits per heavy atom. The number of ether oxygens (including phenoxy) is 1. The van der Waals surface area contributed by atoms with Gasteiger partial charge in [0, 0.05) is 38.3 Å². The first-order valence-electron chi connectivity index (χ1n) is 7.76. The largest absolute Gasteiger partial charge is 0.497 e. The van der Waals surface area contributed by atoms with Crippen LogP contribution in [0, 0.1) is 0 Å². The van der Waals surface area contributed by atoms with Gasteiger partial charge < -0.3 is 19.0 Å². The molecule has 2 heterocycles. The van der Waals surface area contributed by atoms with E-state index in [1.54, 1.807) is 30.2 Å². The molecule has 1 aromatic carbocycles. The van der Waals surface area contributed by atoms with Gasteiger partial charge in [-0.15, -0.1) is 0 Å². The molecule has 23 heavy (non-hydrogen) atoms. The van der Waals surface area contributed by atoms with E-state index in [-0.39, 0.29) is 17.1 Å². The van der Waals surface area contributed by atoms with Gasteiger partial charge in [0.25, 0.3) is 5.91 Å². The van der Waals surface area contributed by atoms with Crippen molar-refractivity contribution in [2.24, 2.45) is 0 Å². The zero-order valence-electron chi connectivity index (χ0n) is 13.4. The Bertz CT molecular complexity index is 776. The van der Waals surface area contributed by atoms with Gasteiger partial charge in [0.15, 0.2) is 11.2 Å². The monoisotopic (exact) mass is 316 g/mol. The number of carbonyl (C=O) groups excluding carboxylic acids is 1. The zero-order chi connectivity index (χ0) is 16.4. The summed E-state index contributed by atoms with van der Waals surface area (Å²) in [6, 6.07) is 6.25. The van der Waals surface area contributed by atoms with Gasteiger partial charge in [-0.05, 0) is 18.7 Å². The van der Waals surface area contributed by atoms with Gasteiger partial charge in [0.05, 0.1) is 12.5 Å². The average Bonchev–Trinajstić information content (AvgIpc) is 2.60. The number of nitrogens with zero attached hydrogens (tertiary/aromatic N) is 2. The molecule has 1 amide bonds. The molecule has 0 aliphatic carbocycles. The third kappa shape index (κ3) is 3.07. The molecule has 0 radical (unpaired) electrons. The first-order valence-corrected chi connectivity index (χ1v) is 7.76. The molecular weight excluding hydrogens is 296 g/mol. The summed E-state index contributed by atoms with van der Waals surface area (Å²) in [5.41, 5.74) is 0.150. The van der Waals surface area contributed by atoms with Crippen LogP contribution in [0.2, 0.25) is 0 Å². The summed E-state index contributed by atoms with van der Waals surface area (Å²) in [5.74, 6) is 0.435. The van der Waals surface area contributed by atoms with Crippen molar-refractivity contribution in [1.82, 2.24) is 9.80 Å². The van der Waals surface area contributed by atoms with E-state index in [9.17, 15) is 9.59 Å². The lowest BCUT2D eigenvalue weighted by atomic mass is 10.2. The summed E-state index contributed by atoms with van der Waals surface area (Å²) in [6.45, 7) is 6.06. The zero-order valence-corrected chi connectivity index (χ0v) is 13.4. The normalized spacial score (nSPS) is 15.8. The summed E-state index contributed by atoms with van der Waals surface area (Å²) in [5, 5.41) is 0.443. The number of piperazine rings is 1. The number of benzene rings is 1. The average molecular weight is 316 g/mol. The van der Waals surface area contributed by atoms with Gasteiger partial charge in [0.2, 0.25) is 0 Å². The second-order valence-electron chi connectivity index (χ2n) is 5.56. The van der Waals surface area contributed by atoms with Crippen LogP contribution in [0.1, 0.15) is 17.5 Å². The summed E-state index contributed by atoms with van der Waals surface area (Å²) in [4.78, 5) is 28.8. The first kappa shape index (κ1) is 15.6. The molecule has 6 nitrogen and oxygen atoms in total. The standard InChI is InChI=1S/C17H20N2O4/c1-3-18-6-8-19(9-7-18)17(21)16-11-14(20)13-5-4-12(22-2)10-15(13)23-16/h4-5,10-11H,3,6-9H2,1-2H3. The van der Waals surface area contributed by atoms with Crippen LogP contribution >= 0.6 is 0 Å². The topological polar surface area (TPSA) is 63.0 Å². The van der Waals surface area contributed by atoms with Crippen LogP contribution in [0.3, 0.4) is 0 Å². The van der Waals surface area contributed by atoms with Crippen LogP contribution in [0.5, 0.6) is 5.75 Å². The van der Waals surface area contributed by atoms with E-state index >= 15 is 0 Å². The highest BCUT2D eigenvalue weighted by atomic mass is 16.5. The molecule has 122 valence electrons. The second-order valence-corrected chi connectivity index (χ2v) is 5.56. The van der Waals surface area contributed by atoms with Crippen LogP contribution in [0.4, 0.5) is 0 Å². The van der Waals surface area contributed by atoms with E-state index in [1.807, 2.05) is 0 Å². The summed E-state index contributed by atoms with van der Waals surface area (Å²) >= 11 is 0. The molecular formula is C17H20N2O4. The summed E-state index contributed by atoms with van der Waals surface area (Å²) < 4.78 is 10.8. The number of methoxy groups -OCH3 is 1. The van der Waals surface area contributed by atoms with Crippen LogP contribution in [0.25, 0.3) is 11.0 Å². The Balaban J connectivity index is 1.90. The maximum absolute atomic E-state index is 12.6. The van der Waals surface area contributed by atoms with E-state index in [4.69, 9.17) is 9.15 Å². The number of fused-ring (bicyclic) bond motifs is 1. The Labute approximate surface area is 134 Å². The number of hydrogen-bond acceptors (Lipinski definition) is 5. The van der Waals surface area contributed by atoms with Crippen molar-refractivity contribution in [1.29, 1.82) is 0 Å². The van der Waals surface area contributed by atoms with Gasteiger partial charge >= 0.3 is 0 Å². The highest BCUT2D eigenvalue weighted by Gasteiger charge is 2.23. The molecule has 0 saturated carbocycles. The number of carbonyl (C=O) groups is 1. The lowest BCUT2D eigenvalue weighted by Crippen LogP contribution is -2.48. The second kappa shape index (κ2) is 6.42. The smallest absolute Gasteiger partial charge is 0.289 e. The fraction of sp³-hybridized carbons (Fsp3) is 0.412. The third-order valence-electron chi connectivity index (χ3n) is 4.25. The maximum atomic E-state index is 12.6. The van der Waals surface area contributed by atoms with E-state index in [0.717, 1.165) is 19.6 Å².